The summed E-state index contributed by atoms with van der Waals surface area (Å²) in [4.78, 5) is 64.1. The van der Waals surface area contributed by atoms with Crippen LogP contribution in [0.2, 0.25) is 0 Å². The van der Waals surface area contributed by atoms with Crippen LogP contribution in [-0.2, 0) is 43.6 Å². The predicted octanol–water partition coefficient (Wildman–Crippen LogP) is -1.03. The molecule has 0 unspecified atom stereocenters. The van der Waals surface area contributed by atoms with E-state index in [0.29, 0.717) is 5.06 Å². The van der Waals surface area contributed by atoms with Crippen molar-refractivity contribution in [1.82, 2.24) is 14.3 Å². The van der Waals surface area contributed by atoms with Crippen LogP contribution in [0.4, 0.5) is 0 Å². The molecule has 172 valence electrons. The second-order valence-corrected chi connectivity index (χ2v) is 9.18. The topological polar surface area (TPSA) is 148 Å². The van der Waals surface area contributed by atoms with Crippen molar-refractivity contribution in [2.45, 2.75) is 39.2 Å². The Balaban J connectivity index is 1.99. The second-order valence-electron chi connectivity index (χ2n) is 7.09. The lowest BCUT2D eigenvalue weighted by Crippen LogP contribution is -2.43. The van der Waals surface area contributed by atoms with Crippen LogP contribution in [0.5, 0.6) is 0 Å². The van der Waals surface area contributed by atoms with Crippen LogP contribution in [0.15, 0.2) is 12.2 Å². The highest BCUT2D eigenvalue weighted by atomic mass is 32.2. The van der Waals surface area contributed by atoms with Crippen LogP contribution in [0.3, 0.4) is 0 Å². The highest BCUT2D eigenvalue weighted by Gasteiger charge is 2.33. The molecule has 0 saturated carbocycles. The summed E-state index contributed by atoms with van der Waals surface area (Å²) in [6.45, 7) is 2.65. The van der Waals surface area contributed by atoms with E-state index in [-0.39, 0.29) is 50.9 Å². The first-order chi connectivity index (χ1) is 14.5. The van der Waals surface area contributed by atoms with Gasteiger partial charge in [0, 0.05) is 44.6 Å². The first kappa shape index (κ1) is 24.6. The molecule has 1 fully saturated rings. The van der Waals surface area contributed by atoms with Crippen LogP contribution in [0.25, 0.3) is 0 Å². The van der Waals surface area contributed by atoms with Gasteiger partial charge in [0.05, 0.1) is 24.9 Å². The Bertz CT molecular complexity index is 848. The number of nitrogens with zero attached hydrogens (tertiary/aromatic N) is 3. The van der Waals surface area contributed by atoms with Gasteiger partial charge in [-0.15, -0.1) is 5.06 Å². The normalized spacial score (nSPS) is 17.0. The lowest BCUT2D eigenvalue weighted by atomic mass is 10.4. The largest absolute Gasteiger partial charge is 0.378 e. The molecule has 0 aromatic rings. The van der Waals surface area contributed by atoms with E-state index in [9.17, 15) is 32.4 Å². The quantitative estimate of drug-likeness (QED) is 0.334. The van der Waals surface area contributed by atoms with Crippen molar-refractivity contribution in [1.29, 1.82) is 0 Å². The maximum atomic E-state index is 12.7. The van der Waals surface area contributed by atoms with E-state index in [1.165, 1.54) is 0 Å². The highest BCUT2D eigenvalue weighted by molar-refractivity contribution is 7.89. The third kappa shape index (κ3) is 6.94. The molecule has 12 nitrogen and oxygen atoms in total. The van der Waals surface area contributed by atoms with Crippen molar-refractivity contribution in [2.75, 3.05) is 32.0 Å². The van der Waals surface area contributed by atoms with Crippen molar-refractivity contribution in [3.8, 4) is 0 Å². The number of hydrogen-bond acceptors (Lipinski definition) is 9. The number of hydroxylamine groups is 2. The molecule has 0 aromatic carbocycles. The Morgan fingerprint density at radius 2 is 1.65 bits per heavy atom. The fraction of sp³-hybridized carbons (Fsp3) is 0.611. The van der Waals surface area contributed by atoms with Gasteiger partial charge in [-0.3, -0.25) is 24.1 Å². The van der Waals surface area contributed by atoms with E-state index >= 15 is 0 Å². The molecule has 1 saturated heterocycles. The molecule has 2 aliphatic rings. The molecule has 2 aliphatic heterocycles. The standard InChI is InChI=1S/C18H25N3O9S/c1-13(2)29-11-12-31(27,28)19(9-10-20-14(22)3-4-15(20)23)8-7-18(26)30-21-16(24)5-6-17(21)25/h3-4,13H,5-12H2,1-2H3. The number of carbonyl (C=O) groups is 5. The maximum absolute atomic E-state index is 12.7. The minimum Gasteiger partial charge on any atom is -0.378 e. The summed E-state index contributed by atoms with van der Waals surface area (Å²) in [5, 5.41) is 0.380. The van der Waals surface area contributed by atoms with Crippen LogP contribution in [-0.4, -0.2) is 90.4 Å². The highest BCUT2D eigenvalue weighted by Crippen LogP contribution is 2.13. The van der Waals surface area contributed by atoms with Crippen molar-refractivity contribution < 1.29 is 42.0 Å². The molecule has 0 spiro atoms. The Labute approximate surface area is 179 Å². The molecule has 31 heavy (non-hydrogen) atoms. The fourth-order valence-electron chi connectivity index (χ4n) is 2.79. The van der Waals surface area contributed by atoms with Gasteiger partial charge in [-0.2, -0.15) is 4.31 Å². The molecule has 0 N–H and O–H groups in total. The summed E-state index contributed by atoms with van der Waals surface area (Å²) < 4.78 is 31.6. The molecule has 0 atom stereocenters. The third-order valence-corrected chi connectivity index (χ3v) is 6.26. The molecular weight excluding hydrogens is 434 g/mol. The van der Waals surface area contributed by atoms with Gasteiger partial charge in [-0.05, 0) is 13.8 Å². The fourth-order valence-corrected chi connectivity index (χ4v) is 4.09. The average Bonchev–Trinajstić information content (AvgIpc) is 3.17. The number of carbonyl (C=O) groups excluding carboxylic acids is 5. The van der Waals surface area contributed by atoms with Gasteiger partial charge in [0.1, 0.15) is 0 Å². The number of rotatable bonds is 12. The zero-order chi connectivity index (χ0) is 23.2. The van der Waals surface area contributed by atoms with Gasteiger partial charge in [-0.25, -0.2) is 13.2 Å². The van der Waals surface area contributed by atoms with Gasteiger partial charge in [-0.1, -0.05) is 0 Å². The Morgan fingerprint density at radius 3 is 2.19 bits per heavy atom. The van der Waals surface area contributed by atoms with Crippen LogP contribution in [0, 0.1) is 0 Å². The molecule has 0 bridgehead atoms. The Kier molecular flexibility index (Phi) is 8.42. The summed E-state index contributed by atoms with van der Waals surface area (Å²) in [7, 11) is -3.91. The zero-order valence-electron chi connectivity index (χ0n) is 17.3. The van der Waals surface area contributed by atoms with E-state index in [1.807, 2.05) is 0 Å². The molecular formula is C18H25N3O9S. The molecule has 0 aliphatic carbocycles. The lowest BCUT2D eigenvalue weighted by molar-refractivity contribution is -0.197. The van der Waals surface area contributed by atoms with Crippen molar-refractivity contribution in [2.24, 2.45) is 0 Å². The summed E-state index contributed by atoms with van der Waals surface area (Å²) in [6, 6.07) is 0. The zero-order valence-corrected chi connectivity index (χ0v) is 18.1. The number of sulfonamides is 1. The number of hydrogen-bond donors (Lipinski definition) is 0. The molecule has 2 heterocycles. The molecule has 0 radical (unpaired) electrons. The lowest BCUT2D eigenvalue weighted by Gasteiger charge is -2.24. The summed E-state index contributed by atoms with van der Waals surface area (Å²) in [6.07, 6.45) is 1.42. The van der Waals surface area contributed by atoms with Crippen LogP contribution >= 0.6 is 0 Å². The smallest absolute Gasteiger partial charge is 0.334 e. The van der Waals surface area contributed by atoms with Gasteiger partial charge in [0.15, 0.2) is 0 Å². The van der Waals surface area contributed by atoms with Crippen molar-refractivity contribution >= 4 is 39.6 Å². The molecule has 4 amide bonds. The monoisotopic (exact) mass is 459 g/mol. The summed E-state index contributed by atoms with van der Waals surface area (Å²) in [5.41, 5.74) is 0. The average molecular weight is 459 g/mol. The maximum Gasteiger partial charge on any atom is 0.334 e. The SMILES string of the molecule is CC(C)OCCS(=O)(=O)N(CCC(=O)ON1C(=O)CCC1=O)CCN1C(=O)C=CC1=O. The number of amides is 4. The van der Waals surface area contributed by atoms with Crippen molar-refractivity contribution in [3.05, 3.63) is 12.2 Å². The minimum absolute atomic E-state index is 0.0611. The van der Waals surface area contributed by atoms with E-state index in [4.69, 9.17) is 9.57 Å². The minimum atomic E-state index is -3.91. The first-order valence-electron chi connectivity index (χ1n) is 9.71. The van der Waals surface area contributed by atoms with Gasteiger partial charge >= 0.3 is 5.97 Å². The van der Waals surface area contributed by atoms with Crippen molar-refractivity contribution in [3.63, 3.8) is 0 Å². The van der Waals surface area contributed by atoms with Gasteiger partial charge in [0.25, 0.3) is 23.6 Å². The molecule has 2 rings (SSSR count). The number of imide groups is 2. The Hall–Kier alpha value is -2.64. The predicted molar refractivity (Wildman–Crippen MR) is 104 cm³/mol. The molecule has 0 aromatic heterocycles. The summed E-state index contributed by atoms with van der Waals surface area (Å²) in [5.74, 6) is -3.74. The van der Waals surface area contributed by atoms with E-state index in [0.717, 1.165) is 21.4 Å². The van der Waals surface area contributed by atoms with Gasteiger partial charge < -0.3 is 9.57 Å². The van der Waals surface area contributed by atoms with Crippen LogP contribution < -0.4 is 0 Å². The van der Waals surface area contributed by atoms with Gasteiger partial charge in [0.2, 0.25) is 10.0 Å². The summed E-state index contributed by atoms with van der Waals surface area (Å²) >= 11 is 0. The Morgan fingerprint density at radius 1 is 1.06 bits per heavy atom. The molecule has 13 heteroatoms. The van der Waals surface area contributed by atoms with Crippen LogP contribution in [0.1, 0.15) is 33.1 Å². The first-order valence-corrected chi connectivity index (χ1v) is 11.3. The second kappa shape index (κ2) is 10.6. The number of ether oxygens (including phenoxy) is 1. The van der Waals surface area contributed by atoms with E-state index in [1.54, 1.807) is 13.8 Å². The van der Waals surface area contributed by atoms with E-state index < -0.39 is 46.0 Å². The van der Waals surface area contributed by atoms with E-state index in [2.05, 4.69) is 0 Å². The third-order valence-electron chi connectivity index (χ3n) is 4.42.